The van der Waals surface area contributed by atoms with Gasteiger partial charge in [-0.1, -0.05) is 34.6 Å². The summed E-state index contributed by atoms with van der Waals surface area (Å²) in [4.78, 5) is 37.2. The molecule has 1 unspecified atom stereocenters. The lowest BCUT2D eigenvalue weighted by molar-refractivity contribution is -0.109. The number of nitrogens with zero attached hydrogens (tertiary/aromatic N) is 1. The highest BCUT2D eigenvalue weighted by Gasteiger charge is 2.16. The second-order valence-electron chi connectivity index (χ2n) is 10.3. The van der Waals surface area contributed by atoms with Crippen LogP contribution in [-0.2, 0) is 4.79 Å². The van der Waals surface area contributed by atoms with E-state index in [-0.39, 0.29) is 17.9 Å². The number of halogens is 2. The third kappa shape index (κ3) is 20.4. The molecule has 1 atom stereocenters. The van der Waals surface area contributed by atoms with Gasteiger partial charge in [0.05, 0.1) is 6.04 Å². The van der Waals surface area contributed by atoms with Crippen LogP contribution in [0.4, 0.5) is 8.78 Å². The Morgan fingerprint density at radius 2 is 1.42 bits per heavy atom. The SMILES string of the molecule is CC.CCCN(CC)C(=O)c1cc(C)cc(C(=O)NCCNC(C)C=O)c1.CNCCC(C)C.Cc1cc(F)cc(F)c1. The van der Waals surface area contributed by atoms with Gasteiger partial charge in [-0.25, -0.2) is 8.78 Å². The zero-order valence-corrected chi connectivity index (χ0v) is 28.1. The molecule has 0 aliphatic carbocycles. The minimum atomic E-state index is -0.521. The summed E-state index contributed by atoms with van der Waals surface area (Å²) >= 11 is 0. The van der Waals surface area contributed by atoms with Crippen LogP contribution >= 0.6 is 0 Å². The van der Waals surface area contributed by atoms with Crippen LogP contribution in [0.25, 0.3) is 0 Å². The molecule has 2 aromatic carbocycles. The van der Waals surface area contributed by atoms with Crippen LogP contribution in [0.1, 0.15) is 93.2 Å². The first kappa shape index (κ1) is 42.0. The van der Waals surface area contributed by atoms with Gasteiger partial charge in [0.2, 0.25) is 0 Å². The lowest BCUT2D eigenvalue weighted by atomic mass is 10.0. The summed E-state index contributed by atoms with van der Waals surface area (Å²) in [6, 6.07) is 8.40. The van der Waals surface area contributed by atoms with Crippen LogP contribution in [0.15, 0.2) is 36.4 Å². The van der Waals surface area contributed by atoms with Gasteiger partial charge in [-0.3, -0.25) is 9.59 Å². The van der Waals surface area contributed by atoms with E-state index in [4.69, 9.17) is 0 Å². The molecule has 0 radical (unpaired) electrons. The van der Waals surface area contributed by atoms with Gasteiger partial charge in [-0.2, -0.15) is 0 Å². The fourth-order valence-electron chi connectivity index (χ4n) is 3.64. The Morgan fingerprint density at radius 1 is 0.860 bits per heavy atom. The Morgan fingerprint density at radius 3 is 1.86 bits per heavy atom. The predicted octanol–water partition coefficient (Wildman–Crippen LogP) is 6.33. The number of carbonyl (C=O) groups excluding carboxylic acids is 3. The van der Waals surface area contributed by atoms with Crippen LogP contribution in [0.2, 0.25) is 0 Å². The highest BCUT2D eigenvalue weighted by atomic mass is 19.1. The van der Waals surface area contributed by atoms with E-state index >= 15 is 0 Å². The molecular formula is C34H56F2N4O3. The van der Waals surface area contributed by atoms with Crippen molar-refractivity contribution in [1.29, 1.82) is 0 Å². The molecule has 0 aliphatic heterocycles. The number of rotatable bonds is 13. The van der Waals surface area contributed by atoms with Crippen molar-refractivity contribution in [3.63, 3.8) is 0 Å². The molecule has 0 bridgehead atoms. The Labute approximate surface area is 259 Å². The highest BCUT2D eigenvalue weighted by Crippen LogP contribution is 2.13. The maximum atomic E-state index is 12.6. The van der Waals surface area contributed by atoms with Crippen molar-refractivity contribution in [2.75, 3.05) is 39.8 Å². The van der Waals surface area contributed by atoms with Gasteiger partial charge >= 0.3 is 0 Å². The van der Waals surface area contributed by atoms with Crippen molar-refractivity contribution >= 4 is 18.1 Å². The molecule has 2 amide bonds. The minimum absolute atomic E-state index is 0.0522. The van der Waals surface area contributed by atoms with Crippen molar-refractivity contribution < 1.29 is 23.2 Å². The van der Waals surface area contributed by atoms with Gasteiger partial charge in [0.1, 0.15) is 17.9 Å². The van der Waals surface area contributed by atoms with Crippen LogP contribution in [0, 0.1) is 31.4 Å². The molecular weight excluding hydrogens is 550 g/mol. The van der Waals surface area contributed by atoms with Crippen LogP contribution in [0.5, 0.6) is 0 Å². The van der Waals surface area contributed by atoms with E-state index in [1.54, 1.807) is 30.9 Å². The minimum Gasteiger partial charge on any atom is -0.351 e. The molecule has 0 spiro atoms. The fraction of sp³-hybridized carbons (Fsp3) is 0.559. The topological polar surface area (TPSA) is 90.5 Å². The number of nitrogens with one attached hydrogen (secondary N) is 3. The van der Waals surface area contributed by atoms with Crippen LogP contribution in [0.3, 0.4) is 0 Å². The smallest absolute Gasteiger partial charge is 0.253 e. The molecule has 2 rings (SSSR count). The molecule has 3 N–H and O–H groups in total. The molecule has 0 fully saturated rings. The van der Waals surface area contributed by atoms with E-state index in [1.165, 1.54) is 18.6 Å². The first-order valence-corrected chi connectivity index (χ1v) is 15.3. The molecule has 9 heteroatoms. The lowest BCUT2D eigenvalue weighted by Gasteiger charge is -2.20. The number of benzene rings is 2. The van der Waals surface area contributed by atoms with E-state index in [2.05, 4.69) is 29.8 Å². The molecule has 7 nitrogen and oxygen atoms in total. The fourth-order valence-corrected chi connectivity index (χ4v) is 3.64. The number of aryl methyl sites for hydroxylation is 2. The van der Waals surface area contributed by atoms with E-state index in [0.29, 0.717) is 42.9 Å². The Bertz CT molecular complexity index is 1010. The zero-order valence-electron chi connectivity index (χ0n) is 28.1. The molecule has 0 aromatic heterocycles. The summed E-state index contributed by atoms with van der Waals surface area (Å²) in [6.07, 6.45) is 3.00. The van der Waals surface area contributed by atoms with Crippen molar-refractivity contribution in [2.45, 2.75) is 81.2 Å². The first-order valence-electron chi connectivity index (χ1n) is 15.3. The summed E-state index contributed by atoms with van der Waals surface area (Å²) in [5.74, 6) is -0.479. The maximum Gasteiger partial charge on any atom is 0.253 e. The molecule has 0 heterocycles. The van der Waals surface area contributed by atoms with Crippen LogP contribution in [-0.4, -0.2) is 68.8 Å². The summed E-state index contributed by atoms with van der Waals surface area (Å²) in [5.41, 5.74) is 2.48. The monoisotopic (exact) mass is 606 g/mol. The Balaban J connectivity index is 0. The largest absolute Gasteiger partial charge is 0.351 e. The predicted molar refractivity (Wildman–Crippen MR) is 175 cm³/mol. The Hall–Kier alpha value is -3.17. The zero-order chi connectivity index (χ0) is 33.4. The van der Waals surface area contributed by atoms with Gasteiger partial charge in [0.25, 0.3) is 11.8 Å². The average Bonchev–Trinajstić information content (AvgIpc) is 2.97. The molecule has 43 heavy (non-hydrogen) atoms. The van der Waals surface area contributed by atoms with E-state index < -0.39 is 11.6 Å². The van der Waals surface area contributed by atoms with Gasteiger partial charge in [0.15, 0.2) is 0 Å². The average molecular weight is 607 g/mol. The molecule has 0 saturated heterocycles. The normalized spacial score (nSPS) is 10.6. The van der Waals surface area contributed by atoms with E-state index in [0.717, 1.165) is 36.8 Å². The molecule has 244 valence electrons. The van der Waals surface area contributed by atoms with Gasteiger partial charge in [-0.05, 0) is 102 Å². The second-order valence-corrected chi connectivity index (χ2v) is 10.3. The lowest BCUT2D eigenvalue weighted by Crippen LogP contribution is -2.36. The van der Waals surface area contributed by atoms with Crippen molar-refractivity contribution in [3.8, 4) is 0 Å². The highest BCUT2D eigenvalue weighted by molar-refractivity contribution is 6.00. The number of aldehydes is 1. The summed E-state index contributed by atoms with van der Waals surface area (Å²) < 4.78 is 24.4. The molecule has 0 saturated carbocycles. The molecule has 0 aliphatic rings. The van der Waals surface area contributed by atoms with Crippen molar-refractivity contribution in [1.82, 2.24) is 20.9 Å². The quantitative estimate of drug-likeness (QED) is 0.183. The number of hydrogen-bond acceptors (Lipinski definition) is 5. The first-order chi connectivity index (χ1) is 20.4. The third-order valence-corrected chi connectivity index (χ3v) is 5.81. The number of amides is 2. The van der Waals surface area contributed by atoms with Gasteiger partial charge in [0, 0.05) is 43.4 Å². The molecule has 2 aromatic rings. The van der Waals surface area contributed by atoms with Gasteiger partial charge in [-0.15, -0.1) is 0 Å². The van der Waals surface area contributed by atoms with Crippen LogP contribution < -0.4 is 16.0 Å². The number of hydrogen-bond donors (Lipinski definition) is 3. The van der Waals surface area contributed by atoms with E-state index in [9.17, 15) is 23.2 Å². The number of carbonyl (C=O) groups is 3. The standard InChI is InChI=1S/C19H29N3O3.C7H6F2.C6H15N.C2H6/c1-5-9-22(6-2)19(25)17-11-14(3)10-16(12-17)18(24)21-8-7-20-15(4)13-23;1-5-2-6(8)4-7(9)3-5;1-6(2)4-5-7-3;1-2/h10-13,15,20H,5-9H2,1-4H3,(H,21,24);2-4H,1H3;6-7H,4-5H2,1-3H3;1-2H3. The summed E-state index contributed by atoms with van der Waals surface area (Å²) in [7, 11) is 1.99. The maximum absolute atomic E-state index is 12.6. The second kappa shape index (κ2) is 25.3. The van der Waals surface area contributed by atoms with Gasteiger partial charge < -0.3 is 25.6 Å². The van der Waals surface area contributed by atoms with Crippen molar-refractivity contribution in [2.24, 2.45) is 5.92 Å². The summed E-state index contributed by atoms with van der Waals surface area (Å²) in [6.45, 7) is 21.1. The summed E-state index contributed by atoms with van der Waals surface area (Å²) in [5, 5.41) is 8.87. The Kier molecular flexibility index (Phi) is 24.7. The van der Waals surface area contributed by atoms with Crippen molar-refractivity contribution in [3.05, 3.63) is 70.3 Å². The van der Waals surface area contributed by atoms with E-state index in [1.807, 2.05) is 47.7 Å². The third-order valence-electron chi connectivity index (χ3n) is 5.81.